The van der Waals surface area contributed by atoms with Crippen LogP contribution in [0.5, 0.6) is 5.88 Å². The van der Waals surface area contributed by atoms with Crippen LogP contribution in [0.1, 0.15) is 26.7 Å². The average molecular weight is 367 g/mol. The van der Waals surface area contributed by atoms with E-state index in [-0.39, 0.29) is 0 Å². The molecule has 1 aliphatic rings. The minimum atomic E-state index is 0.300. The van der Waals surface area contributed by atoms with Crippen LogP contribution in [0, 0.1) is 0 Å². The third kappa shape index (κ3) is 3.60. The molecule has 142 valence electrons. The van der Waals surface area contributed by atoms with Crippen LogP contribution in [0.2, 0.25) is 0 Å². The number of nitrogens with one attached hydrogen (secondary N) is 1. The lowest BCUT2D eigenvalue weighted by molar-refractivity contribution is 0.195. The van der Waals surface area contributed by atoms with Crippen LogP contribution >= 0.6 is 0 Å². The topological polar surface area (TPSA) is 74.1 Å². The third-order valence-electron chi connectivity index (χ3n) is 4.65. The highest BCUT2D eigenvalue weighted by Crippen LogP contribution is 2.33. The molecule has 3 aromatic rings. The highest BCUT2D eigenvalue weighted by Gasteiger charge is 2.20. The van der Waals surface area contributed by atoms with Gasteiger partial charge in [-0.15, -0.1) is 0 Å². The maximum absolute atomic E-state index is 5.71. The highest BCUT2D eigenvalue weighted by atomic mass is 16.5. The smallest absolute Gasteiger partial charge is 0.222 e. The van der Waals surface area contributed by atoms with Gasteiger partial charge in [-0.05, 0) is 38.0 Å². The molecule has 0 bridgehead atoms. The van der Waals surface area contributed by atoms with E-state index >= 15 is 0 Å². The van der Waals surface area contributed by atoms with Gasteiger partial charge in [0.05, 0.1) is 42.4 Å². The first-order valence-corrected chi connectivity index (χ1v) is 9.59. The molecule has 1 saturated heterocycles. The van der Waals surface area contributed by atoms with Gasteiger partial charge >= 0.3 is 0 Å². The Labute approximate surface area is 158 Å². The third-order valence-corrected chi connectivity index (χ3v) is 4.65. The van der Waals surface area contributed by atoms with E-state index < -0.39 is 0 Å². The summed E-state index contributed by atoms with van der Waals surface area (Å²) in [5.74, 6) is 0.600. The minimum Gasteiger partial charge on any atom is -0.477 e. The van der Waals surface area contributed by atoms with E-state index in [0.29, 0.717) is 18.5 Å². The molecule has 0 spiro atoms. The largest absolute Gasteiger partial charge is 0.477 e. The number of hydrogen-bond acceptors (Lipinski definition) is 6. The number of fused-ring (bicyclic) bond motifs is 1. The number of hydrogen-bond donors (Lipinski definition) is 1. The van der Waals surface area contributed by atoms with Crippen molar-refractivity contribution in [3.63, 3.8) is 0 Å². The van der Waals surface area contributed by atoms with Crippen molar-refractivity contribution in [2.75, 3.05) is 25.1 Å². The summed E-state index contributed by atoms with van der Waals surface area (Å²) >= 11 is 0. The molecule has 0 aliphatic carbocycles. The number of aromatic nitrogens is 4. The van der Waals surface area contributed by atoms with Gasteiger partial charge in [-0.3, -0.25) is 4.68 Å². The fraction of sp³-hybridized carbons (Fsp3) is 0.450. The Bertz CT molecular complexity index is 918. The Morgan fingerprint density at radius 3 is 3.07 bits per heavy atom. The Kier molecular flexibility index (Phi) is 5.20. The summed E-state index contributed by atoms with van der Waals surface area (Å²) in [6, 6.07) is 6.27. The molecule has 0 radical (unpaired) electrons. The number of pyridine rings is 2. The van der Waals surface area contributed by atoms with Gasteiger partial charge in [0.25, 0.3) is 0 Å². The molecule has 0 amide bonds. The van der Waals surface area contributed by atoms with E-state index in [2.05, 4.69) is 28.4 Å². The van der Waals surface area contributed by atoms with Crippen molar-refractivity contribution in [2.45, 2.75) is 39.3 Å². The van der Waals surface area contributed by atoms with E-state index in [1.165, 1.54) is 0 Å². The number of rotatable bonds is 7. The molecule has 1 fully saturated rings. The summed E-state index contributed by atoms with van der Waals surface area (Å²) in [7, 11) is 0. The zero-order chi connectivity index (χ0) is 18.6. The Hall–Kier alpha value is -2.67. The quantitative estimate of drug-likeness (QED) is 0.689. The maximum Gasteiger partial charge on any atom is 0.222 e. The highest BCUT2D eigenvalue weighted by molar-refractivity contribution is 5.91. The van der Waals surface area contributed by atoms with Gasteiger partial charge in [0.1, 0.15) is 11.0 Å². The van der Waals surface area contributed by atoms with Crippen LogP contribution in [0.25, 0.3) is 22.3 Å². The lowest BCUT2D eigenvalue weighted by Gasteiger charge is -2.16. The molecule has 4 rings (SSSR count). The zero-order valence-electron chi connectivity index (χ0n) is 15.8. The fourth-order valence-electron chi connectivity index (χ4n) is 3.44. The summed E-state index contributed by atoms with van der Waals surface area (Å²) in [6.45, 7) is 7.04. The molecule has 0 saturated carbocycles. The van der Waals surface area contributed by atoms with E-state index in [0.717, 1.165) is 60.6 Å². The molecule has 0 unspecified atom stereocenters. The SMILES string of the molecule is CCCn1ncc2nc(-c3cccnc3OCC)cc(N[C@H]3CCOC3)c21. The van der Waals surface area contributed by atoms with Crippen molar-refractivity contribution in [1.29, 1.82) is 0 Å². The lowest BCUT2D eigenvalue weighted by Crippen LogP contribution is -2.19. The molecule has 7 nitrogen and oxygen atoms in total. The van der Waals surface area contributed by atoms with Gasteiger partial charge < -0.3 is 14.8 Å². The first kappa shape index (κ1) is 17.7. The summed E-state index contributed by atoms with van der Waals surface area (Å²) in [5.41, 5.74) is 4.65. The zero-order valence-corrected chi connectivity index (χ0v) is 15.8. The summed E-state index contributed by atoms with van der Waals surface area (Å²) < 4.78 is 13.3. The van der Waals surface area contributed by atoms with Crippen LogP contribution in [-0.2, 0) is 11.3 Å². The van der Waals surface area contributed by atoms with Gasteiger partial charge in [0.15, 0.2) is 0 Å². The lowest BCUT2D eigenvalue weighted by atomic mass is 10.1. The van der Waals surface area contributed by atoms with Crippen molar-refractivity contribution < 1.29 is 9.47 Å². The Morgan fingerprint density at radius 1 is 1.37 bits per heavy atom. The summed E-state index contributed by atoms with van der Waals surface area (Å²) in [6.07, 6.45) is 5.59. The molecule has 3 aromatic heterocycles. The van der Waals surface area contributed by atoms with Gasteiger partial charge in [-0.25, -0.2) is 9.97 Å². The first-order valence-electron chi connectivity index (χ1n) is 9.59. The van der Waals surface area contributed by atoms with Gasteiger partial charge in [0, 0.05) is 19.3 Å². The van der Waals surface area contributed by atoms with Gasteiger partial charge in [-0.2, -0.15) is 5.10 Å². The number of nitrogens with zero attached hydrogens (tertiary/aromatic N) is 4. The van der Waals surface area contributed by atoms with Crippen molar-refractivity contribution in [1.82, 2.24) is 19.7 Å². The van der Waals surface area contributed by atoms with Crippen LogP contribution in [0.3, 0.4) is 0 Å². The Balaban J connectivity index is 1.83. The van der Waals surface area contributed by atoms with E-state index in [4.69, 9.17) is 14.5 Å². The van der Waals surface area contributed by atoms with Crippen LogP contribution in [0.4, 0.5) is 5.69 Å². The molecular weight excluding hydrogens is 342 g/mol. The summed E-state index contributed by atoms with van der Waals surface area (Å²) in [4.78, 5) is 9.22. The van der Waals surface area contributed by atoms with Crippen molar-refractivity contribution in [3.05, 3.63) is 30.6 Å². The molecule has 0 aromatic carbocycles. The standard InChI is InChI=1S/C20H25N5O2/c1-3-9-25-19-17(23-14-7-10-26-13-14)11-16(24-18(19)12-22-25)15-6-5-8-21-20(15)27-4-2/h5-6,8,11-12,14H,3-4,7,9-10,13H2,1-2H3,(H,23,24)/t14-/m0/s1. The number of ether oxygens (including phenoxy) is 2. The van der Waals surface area contributed by atoms with E-state index in [9.17, 15) is 0 Å². The normalized spacial score (nSPS) is 16.7. The monoisotopic (exact) mass is 367 g/mol. The van der Waals surface area contributed by atoms with E-state index in [1.807, 2.05) is 29.9 Å². The first-order chi connectivity index (χ1) is 13.3. The minimum absolute atomic E-state index is 0.300. The fourth-order valence-corrected chi connectivity index (χ4v) is 3.44. The molecule has 7 heteroatoms. The number of anilines is 1. The van der Waals surface area contributed by atoms with Crippen LogP contribution in [-0.4, -0.2) is 45.6 Å². The molecular formula is C20H25N5O2. The van der Waals surface area contributed by atoms with Gasteiger partial charge in [-0.1, -0.05) is 6.92 Å². The molecule has 27 heavy (non-hydrogen) atoms. The van der Waals surface area contributed by atoms with Crippen molar-refractivity contribution in [2.24, 2.45) is 0 Å². The van der Waals surface area contributed by atoms with E-state index in [1.54, 1.807) is 6.20 Å². The van der Waals surface area contributed by atoms with Crippen molar-refractivity contribution in [3.8, 4) is 17.1 Å². The molecule has 4 heterocycles. The van der Waals surface area contributed by atoms with Crippen LogP contribution < -0.4 is 10.1 Å². The maximum atomic E-state index is 5.71. The predicted molar refractivity (Wildman–Crippen MR) is 105 cm³/mol. The second-order valence-corrected chi connectivity index (χ2v) is 6.65. The molecule has 1 atom stereocenters. The molecule has 1 N–H and O–H groups in total. The second kappa shape index (κ2) is 7.92. The Morgan fingerprint density at radius 2 is 2.30 bits per heavy atom. The van der Waals surface area contributed by atoms with Crippen molar-refractivity contribution >= 4 is 16.7 Å². The molecule has 1 aliphatic heterocycles. The predicted octanol–water partition coefficient (Wildman–Crippen LogP) is 3.50. The second-order valence-electron chi connectivity index (χ2n) is 6.65. The number of aryl methyl sites for hydroxylation is 1. The average Bonchev–Trinajstić information content (AvgIpc) is 3.33. The van der Waals surface area contributed by atoms with Gasteiger partial charge in [0.2, 0.25) is 5.88 Å². The van der Waals surface area contributed by atoms with Crippen LogP contribution in [0.15, 0.2) is 30.6 Å². The summed E-state index contributed by atoms with van der Waals surface area (Å²) in [5, 5.41) is 8.19.